The number of fused-ring (bicyclic) bond motifs is 1. The van der Waals surface area contributed by atoms with E-state index in [2.05, 4.69) is 10.3 Å². The molecule has 6 heteroatoms. The van der Waals surface area contributed by atoms with Crippen LogP contribution in [0, 0.1) is 6.92 Å². The molecular weight excluding hydrogens is 380 g/mol. The molecule has 0 fully saturated rings. The second kappa shape index (κ2) is 8.53. The van der Waals surface area contributed by atoms with Crippen LogP contribution in [-0.2, 0) is 16.0 Å². The summed E-state index contributed by atoms with van der Waals surface area (Å²) in [6.07, 6.45) is -0.676. The van der Waals surface area contributed by atoms with E-state index in [4.69, 9.17) is 4.74 Å². The molecule has 0 saturated heterocycles. The molecule has 0 saturated carbocycles. The van der Waals surface area contributed by atoms with Gasteiger partial charge in [-0.1, -0.05) is 48.5 Å². The number of amides is 1. The second-order valence-corrected chi connectivity index (χ2v) is 8.18. The third kappa shape index (κ3) is 4.95. The highest BCUT2D eigenvalue weighted by Gasteiger charge is 2.27. The maximum atomic E-state index is 12.2. The number of aromatic nitrogens is 1. The van der Waals surface area contributed by atoms with Gasteiger partial charge in [-0.3, -0.25) is 4.98 Å². The summed E-state index contributed by atoms with van der Waals surface area (Å²) >= 11 is 0. The lowest BCUT2D eigenvalue weighted by Gasteiger charge is -2.23. The number of para-hydroxylation sites is 1. The van der Waals surface area contributed by atoms with Crippen molar-refractivity contribution in [3.05, 3.63) is 65.9 Å². The Labute approximate surface area is 175 Å². The third-order valence-electron chi connectivity index (χ3n) is 4.66. The Morgan fingerprint density at radius 2 is 1.70 bits per heavy atom. The Hall–Kier alpha value is -3.41. The predicted octanol–water partition coefficient (Wildman–Crippen LogP) is 4.73. The van der Waals surface area contributed by atoms with Crippen LogP contribution in [0.25, 0.3) is 22.0 Å². The first kappa shape index (κ1) is 21.3. The fourth-order valence-electron chi connectivity index (χ4n) is 3.41. The number of carboxylic acid groups (broad SMARTS) is 1. The summed E-state index contributed by atoms with van der Waals surface area (Å²) < 4.78 is 5.24. The first-order valence-electron chi connectivity index (χ1n) is 9.81. The number of carboxylic acids is 1. The summed E-state index contributed by atoms with van der Waals surface area (Å²) in [5, 5.41) is 13.2. The number of alkyl carbamates (subject to hydrolysis) is 1. The third-order valence-corrected chi connectivity index (χ3v) is 4.66. The fourth-order valence-corrected chi connectivity index (χ4v) is 3.41. The SMILES string of the molecule is Cc1nc2ccccc2c(-c2ccccc2)c1CC(NC(=O)OC(C)(C)C)C(=O)O. The van der Waals surface area contributed by atoms with E-state index in [1.807, 2.05) is 61.5 Å². The minimum absolute atomic E-state index is 0.0858. The standard InChI is InChI=1S/C24H26N2O4/c1-15-18(14-20(22(27)28)26-23(29)30-24(2,3)4)21(16-10-6-5-7-11-16)17-12-8-9-13-19(17)25-15/h5-13,20H,14H2,1-4H3,(H,26,29)(H,27,28). The summed E-state index contributed by atoms with van der Waals surface area (Å²) in [5.74, 6) is -1.13. The number of aryl methyl sites for hydroxylation is 1. The maximum Gasteiger partial charge on any atom is 0.408 e. The molecule has 6 nitrogen and oxygen atoms in total. The number of benzene rings is 2. The van der Waals surface area contributed by atoms with Gasteiger partial charge in [0.25, 0.3) is 0 Å². The molecule has 2 aromatic carbocycles. The fraction of sp³-hybridized carbons (Fsp3) is 0.292. The van der Waals surface area contributed by atoms with Crippen LogP contribution in [0.4, 0.5) is 4.79 Å². The average molecular weight is 406 g/mol. The molecule has 1 atom stereocenters. The highest BCUT2D eigenvalue weighted by Crippen LogP contribution is 2.33. The van der Waals surface area contributed by atoms with Crippen molar-refractivity contribution in [3.8, 4) is 11.1 Å². The molecular formula is C24H26N2O4. The van der Waals surface area contributed by atoms with Gasteiger partial charge >= 0.3 is 12.1 Å². The molecule has 156 valence electrons. The number of aliphatic carboxylic acids is 1. The molecule has 0 aliphatic rings. The predicted molar refractivity (Wildman–Crippen MR) is 116 cm³/mol. The highest BCUT2D eigenvalue weighted by molar-refractivity contribution is 5.97. The van der Waals surface area contributed by atoms with Gasteiger partial charge in [0.1, 0.15) is 11.6 Å². The van der Waals surface area contributed by atoms with Crippen LogP contribution >= 0.6 is 0 Å². The number of ether oxygens (including phenoxy) is 1. The Morgan fingerprint density at radius 1 is 1.07 bits per heavy atom. The Balaban J connectivity index is 2.07. The van der Waals surface area contributed by atoms with Gasteiger partial charge in [-0.05, 0) is 50.5 Å². The molecule has 3 aromatic rings. The van der Waals surface area contributed by atoms with Gasteiger partial charge in [-0.25, -0.2) is 9.59 Å². The minimum Gasteiger partial charge on any atom is -0.480 e. The molecule has 30 heavy (non-hydrogen) atoms. The van der Waals surface area contributed by atoms with Crippen LogP contribution in [0.1, 0.15) is 32.0 Å². The van der Waals surface area contributed by atoms with E-state index >= 15 is 0 Å². The molecule has 0 radical (unpaired) electrons. The van der Waals surface area contributed by atoms with Crippen LogP contribution in [0.3, 0.4) is 0 Å². The number of carbonyl (C=O) groups is 2. The van der Waals surface area contributed by atoms with E-state index in [0.717, 1.165) is 33.3 Å². The van der Waals surface area contributed by atoms with Crippen LogP contribution in [0.2, 0.25) is 0 Å². The van der Waals surface area contributed by atoms with Crippen LogP contribution < -0.4 is 5.32 Å². The second-order valence-electron chi connectivity index (χ2n) is 8.18. The topological polar surface area (TPSA) is 88.5 Å². The van der Waals surface area contributed by atoms with Crippen molar-refractivity contribution in [2.75, 3.05) is 0 Å². The van der Waals surface area contributed by atoms with Crippen molar-refractivity contribution in [1.29, 1.82) is 0 Å². The summed E-state index contributed by atoms with van der Waals surface area (Å²) in [6.45, 7) is 7.05. The van der Waals surface area contributed by atoms with Crippen molar-refractivity contribution in [3.63, 3.8) is 0 Å². The number of hydrogen-bond acceptors (Lipinski definition) is 4. The molecule has 3 rings (SSSR count). The van der Waals surface area contributed by atoms with Crippen LogP contribution in [0.5, 0.6) is 0 Å². The normalized spacial score (nSPS) is 12.4. The average Bonchev–Trinajstić information content (AvgIpc) is 2.67. The van der Waals surface area contributed by atoms with Gasteiger partial charge in [0, 0.05) is 17.5 Å². The zero-order valence-electron chi connectivity index (χ0n) is 17.6. The largest absolute Gasteiger partial charge is 0.480 e. The van der Waals surface area contributed by atoms with E-state index in [1.165, 1.54) is 0 Å². The van der Waals surface area contributed by atoms with Crippen LogP contribution in [0.15, 0.2) is 54.6 Å². The molecule has 2 N–H and O–H groups in total. The van der Waals surface area contributed by atoms with E-state index in [1.54, 1.807) is 20.8 Å². The van der Waals surface area contributed by atoms with Crippen molar-refractivity contribution >= 4 is 23.0 Å². The van der Waals surface area contributed by atoms with Gasteiger partial charge in [0.2, 0.25) is 0 Å². The summed E-state index contributed by atoms with van der Waals surface area (Å²) in [5.41, 5.74) is 3.52. The maximum absolute atomic E-state index is 12.2. The lowest BCUT2D eigenvalue weighted by Crippen LogP contribution is -2.44. The quantitative estimate of drug-likeness (QED) is 0.639. The molecule has 0 aliphatic carbocycles. The zero-order valence-corrected chi connectivity index (χ0v) is 17.6. The van der Waals surface area contributed by atoms with Gasteiger partial charge in [0.15, 0.2) is 0 Å². The number of nitrogens with zero attached hydrogens (tertiary/aromatic N) is 1. The van der Waals surface area contributed by atoms with Gasteiger partial charge in [-0.2, -0.15) is 0 Å². The van der Waals surface area contributed by atoms with Crippen LogP contribution in [-0.4, -0.2) is 33.8 Å². The summed E-state index contributed by atoms with van der Waals surface area (Å²) in [6, 6.07) is 16.4. The van der Waals surface area contributed by atoms with E-state index in [-0.39, 0.29) is 6.42 Å². The Kier molecular flexibility index (Phi) is 6.06. The van der Waals surface area contributed by atoms with Gasteiger partial charge < -0.3 is 15.2 Å². The number of pyridine rings is 1. The zero-order chi connectivity index (χ0) is 21.9. The Bertz CT molecular complexity index is 1070. The number of hydrogen-bond donors (Lipinski definition) is 2. The number of rotatable bonds is 5. The number of nitrogens with one attached hydrogen (secondary N) is 1. The monoisotopic (exact) mass is 406 g/mol. The van der Waals surface area contributed by atoms with E-state index in [9.17, 15) is 14.7 Å². The highest BCUT2D eigenvalue weighted by atomic mass is 16.6. The van der Waals surface area contributed by atoms with E-state index in [0.29, 0.717) is 0 Å². The minimum atomic E-state index is -1.15. The van der Waals surface area contributed by atoms with Crippen molar-refractivity contribution in [1.82, 2.24) is 10.3 Å². The molecule has 0 aliphatic heterocycles. The van der Waals surface area contributed by atoms with Crippen molar-refractivity contribution in [2.45, 2.75) is 45.8 Å². The van der Waals surface area contributed by atoms with Crippen molar-refractivity contribution in [2.24, 2.45) is 0 Å². The summed E-state index contributed by atoms with van der Waals surface area (Å²) in [4.78, 5) is 28.8. The molecule has 1 aromatic heterocycles. The van der Waals surface area contributed by atoms with Crippen molar-refractivity contribution < 1.29 is 19.4 Å². The smallest absolute Gasteiger partial charge is 0.408 e. The molecule has 0 spiro atoms. The number of carbonyl (C=O) groups excluding carboxylic acids is 1. The lowest BCUT2D eigenvalue weighted by atomic mass is 9.91. The molecule has 0 bridgehead atoms. The first-order valence-corrected chi connectivity index (χ1v) is 9.81. The molecule has 1 unspecified atom stereocenters. The Morgan fingerprint density at radius 3 is 2.33 bits per heavy atom. The summed E-state index contributed by atoms with van der Waals surface area (Å²) in [7, 11) is 0. The van der Waals surface area contributed by atoms with Gasteiger partial charge in [-0.15, -0.1) is 0 Å². The van der Waals surface area contributed by atoms with Gasteiger partial charge in [0.05, 0.1) is 5.52 Å². The van der Waals surface area contributed by atoms with E-state index < -0.39 is 23.7 Å². The lowest BCUT2D eigenvalue weighted by molar-refractivity contribution is -0.139. The first-order chi connectivity index (χ1) is 14.2. The molecule has 1 amide bonds. The molecule has 1 heterocycles.